The van der Waals surface area contributed by atoms with Gasteiger partial charge in [0.25, 0.3) is 0 Å². The van der Waals surface area contributed by atoms with Gasteiger partial charge in [-0.2, -0.15) is 0 Å². The highest BCUT2D eigenvalue weighted by molar-refractivity contribution is 7.40. The Morgan fingerprint density at radius 3 is 2.45 bits per heavy atom. The van der Waals surface area contributed by atoms with Crippen LogP contribution in [-0.4, -0.2) is 18.1 Å². The van der Waals surface area contributed by atoms with E-state index < -0.39 is 8.60 Å². The molecule has 0 aliphatic heterocycles. The minimum atomic E-state index is -1.60. The minimum absolute atomic E-state index is 0.236. The molecule has 4 heteroatoms. The predicted octanol–water partition coefficient (Wildman–Crippen LogP) is 2.20. The van der Waals surface area contributed by atoms with Gasteiger partial charge in [-0.3, -0.25) is 0 Å². The molecule has 0 heterocycles. The molecule has 0 aromatic rings. The molecule has 66 valence electrons. The van der Waals surface area contributed by atoms with Gasteiger partial charge in [0.15, 0.2) is 0 Å². The van der Waals surface area contributed by atoms with E-state index in [4.69, 9.17) is 9.42 Å². The molecule has 0 aromatic heterocycles. The molecule has 1 N–H and O–H groups in total. The van der Waals surface area contributed by atoms with Gasteiger partial charge < -0.3 is 13.9 Å². The fraction of sp³-hybridized carbons (Fsp3) is 1.00. The summed E-state index contributed by atoms with van der Waals surface area (Å²) in [5.74, 6) is 0. The van der Waals surface area contributed by atoms with E-state index in [0.29, 0.717) is 0 Å². The summed E-state index contributed by atoms with van der Waals surface area (Å²) in [6, 6.07) is 0. The summed E-state index contributed by atoms with van der Waals surface area (Å²) in [5.41, 5.74) is 0. The molecule has 1 rings (SSSR count). The Morgan fingerprint density at radius 2 is 1.91 bits per heavy atom. The first kappa shape index (κ1) is 9.40. The molecule has 1 saturated carbocycles. The second-order valence-electron chi connectivity index (χ2n) is 2.79. The lowest BCUT2D eigenvalue weighted by Gasteiger charge is -2.22. The van der Waals surface area contributed by atoms with Crippen molar-refractivity contribution in [2.75, 3.05) is 7.11 Å². The summed E-state index contributed by atoms with van der Waals surface area (Å²) in [4.78, 5) is 9.03. The second kappa shape index (κ2) is 5.04. The minimum Gasteiger partial charge on any atom is -0.328 e. The topological polar surface area (TPSA) is 38.7 Å². The molecule has 0 spiro atoms. The molecule has 0 amide bonds. The highest BCUT2D eigenvalue weighted by Crippen LogP contribution is 2.37. The van der Waals surface area contributed by atoms with E-state index in [9.17, 15) is 0 Å². The van der Waals surface area contributed by atoms with Crippen LogP contribution in [-0.2, 0) is 9.05 Å². The number of hydrogen-bond donors (Lipinski definition) is 1. The standard InChI is InChI=1S/C7H15O3P/c1-9-11(8)10-7-5-3-2-4-6-7/h7-8H,2-6H2,1H3. The molecular formula is C7H15O3P. The Balaban J connectivity index is 2.13. The zero-order valence-electron chi connectivity index (χ0n) is 6.82. The summed E-state index contributed by atoms with van der Waals surface area (Å²) < 4.78 is 9.89. The first-order valence-electron chi connectivity index (χ1n) is 4.03. The largest absolute Gasteiger partial charge is 0.329 e. The van der Waals surface area contributed by atoms with Crippen LogP contribution in [0.25, 0.3) is 0 Å². The molecule has 0 saturated heterocycles. The average molecular weight is 178 g/mol. The van der Waals surface area contributed by atoms with Crippen LogP contribution in [0, 0.1) is 0 Å². The third-order valence-electron chi connectivity index (χ3n) is 1.95. The third-order valence-corrected chi connectivity index (χ3v) is 2.74. The maximum Gasteiger partial charge on any atom is 0.329 e. The number of hydrogen-bond acceptors (Lipinski definition) is 3. The molecule has 1 atom stereocenters. The van der Waals surface area contributed by atoms with Gasteiger partial charge >= 0.3 is 8.60 Å². The van der Waals surface area contributed by atoms with Gasteiger partial charge in [-0.15, -0.1) is 0 Å². The van der Waals surface area contributed by atoms with Gasteiger partial charge in [-0.25, -0.2) is 0 Å². The fourth-order valence-electron chi connectivity index (χ4n) is 1.34. The molecule has 3 nitrogen and oxygen atoms in total. The molecule has 1 aliphatic rings. The summed E-state index contributed by atoms with van der Waals surface area (Å²) in [5, 5.41) is 0. The van der Waals surface area contributed by atoms with Crippen LogP contribution in [0.5, 0.6) is 0 Å². The van der Waals surface area contributed by atoms with Crippen molar-refractivity contribution in [2.24, 2.45) is 0 Å². The van der Waals surface area contributed by atoms with Gasteiger partial charge in [-0.1, -0.05) is 19.3 Å². The Hall–Kier alpha value is 0.310. The van der Waals surface area contributed by atoms with Crippen molar-refractivity contribution in [1.82, 2.24) is 0 Å². The lowest BCUT2D eigenvalue weighted by Crippen LogP contribution is -2.14. The van der Waals surface area contributed by atoms with Crippen LogP contribution in [0.2, 0.25) is 0 Å². The second-order valence-corrected chi connectivity index (χ2v) is 3.84. The molecule has 0 bridgehead atoms. The van der Waals surface area contributed by atoms with E-state index in [0.717, 1.165) is 12.8 Å². The zero-order valence-corrected chi connectivity index (χ0v) is 7.72. The molecule has 0 aromatic carbocycles. The van der Waals surface area contributed by atoms with Crippen LogP contribution in [0.1, 0.15) is 32.1 Å². The lowest BCUT2D eigenvalue weighted by atomic mass is 9.98. The average Bonchev–Trinajstić information content (AvgIpc) is 2.06. The van der Waals surface area contributed by atoms with Crippen LogP contribution in [0.15, 0.2) is 0 Å². The van der Waals surface area contributed by atoms with Gasteiger partial charge in [-0.05, 0) is 12.8 Å². The molecule has 1 fully saturated rings. The summed E-state index contributed by atoms with van der Waals surface area (Å²) >= 11 is 0. The monoisotopic (exact) mass is 178 g/mol. The van der Waals surface area contributed by atoms with Crippen LogP contribution in [0.4, 0.5) is 0 Å². The molecule has 1 unspecified atom stereocenters. The van der Waals surface area contributed by atoms with Gasteiger partial charge in [0.05, 0.1) is 6.10 Å². The van der Waals surface area contributed by atoms with Crippen LogP contribution < -0.4 is 0 Å². The van der Waals surface area contributed by atoms with E-state index in [1.54, 1.807) is 0 Å². The van der Waals surface area contributed by atoms with E-state index in [1.807, 2.05) is 0 Å². The maximum absolute atomic E-state index is 9.03. The van der Waals surface area contributed by atoms with Crippen molar-refractivity contribution < 1.29 is 13.9 Å². The normalized spacial score (nSPS) is 23.5. The summed E-state index contributed by atoms with van der Waals surface area (Å²) in [6.45, 7) is 0. The van der Waals surface area contributed by atoms with Crippen molar-refractivity contribution in [3.05, 3.63) is 0 Å². The third kappa shape index (κ3) is 3.48. The van der Waals surface area contributed by atoms with E-state index in [2.05, 4.69) is 4.52 Å². The maximum atomic E-state index is 9.03. The highest BCUT2D eigenvalue weighted by atomic mass is 31.2. The highest BCUT2D eigenvalue weighted by Gasteiger charge is 2.17. The van der Waals surface area contributed by atoms with Crippen LogP contribution >= 0.6 is 8.60 Å². The Labute approximate surface area is 68.7 Å². The first-order valence-corrected chi connectivity index (χ1v) is 5.16. The van der Waals surface area contributed by atoms with Crippen molar-refractivity contribution in [3.63, 3.8) is 0 Å². The summed E-state index contributed by atoms with van der Waals surface area (Å²) in [6.07, 6.45) is 6.12. The molecular weight excluding hydrogens is 163 g/mol. The SMILES string of the molecule is COP(O)OC1CCCCC1. The zero-order chi connectivity index (χ0) is 8.10. The molecule has 0 radical (unpaired) electrons. The van der Waals surface area contributed by atoms with Gasteiger partial charge in [0.2, 0.25) is 0 Å². The van der Waals surface area contributed by atoms with Crippen molar-refractivity contribution in [2.45, 2.75) is 38.2 Å². The van der Waals surface area contributed by atoms with Gasteiger partial charge in [0, 0.05) is 7.11 Å². The smallest absolute Gasteiger partial charge is 0.328 e. The van der Waals surface area contributed by atoms with Gasteiger partial charge in [0.1, 0.15) is 0 Å². The molecule has 1 aliphatic carbocycles. The van der Waals surface area contributed by atoms with E-state index in [1.165, 1.54) is 26.4 Å². The summed E-state index contributed by atoms with van der Waals surface area (Å²) in [7, 11) is -0.134. The van der Waals surface area contributed by atoms with Crippen molar-refractivity contribution in [3.8, 4) is 0 Å². The Kier molecular flexibility index (Phi) is 4.31. The quantitative estimate of drug-likeness (QED) is 0.673. The van der Waals surface area contributed by atoms with E-state index in [-0.39, 0.29) is 6.10 Å². The lowest BCUT2D eigenvalue weighted by molar-refractivity contribution is 0.124. The fourth-order valence-corrected chi connectivity index (χ4v) is 1.89. The first-order chi connectivity index (χ1) is 5.33. The Bertz CT molecular complexity index is 104. The Morgan fingerprint density at radius 1 is 1.27 bits per heavy atom. The van der Waals surface area contributed by atoms with Crippen molar-refractivity contribution in [1.29, 1.82) is 0 Å². The van der Waals surface area contributed by atoms with E-state index >= 15 is 0 Å². The molecule has 11 heavy (non-hydrogen) atoms. The predicted molar refractivity (Wildman–Crippen MR) is 44.1 cm³/mol. The van der Waals surface area contributed by atoms with Crippen LogP contribution in [0.3, 0.4) is 0 Å². The van der Waals surface area contributed by atoms with Crippen molar-refractivity contribution >= 4 is 8.60 Å². The number of rotatable bonds is 3.